The quantitative estimate of drug-likeness (QED) is 0.858. The van der Waals surface area contributed by atoms with E-state index >= 15 is 0 Å². The summed E-state index contributed by atoms with van der Waals surface area (Å²) in [5.41, 5.74) is 0.245. The molecular formula is C12H14ClNO2S. The second-order valence-electron chi connectivity index (χ2n) is 4.01. The van der Waals surface area contributed by atoms with E-state index in [1.807, 2.05) is 18.2 Å². The summed E-state index contributed by atoms with van der Waals surface area (Å²) in [5.74, 6) is 1.48. The number of hydrogen-bond acceptors (Lipinski definition) is 4. The van der Waals surface area contributed by atoms with Crippen molar-refractivity contribution in [2.24, 2.45) is 0 Å². The van der Waals surface area contributed by atoms with Crippen molar-refractivity contribution in [3.05, 3.63) is 29.3 Å². The summed E-state index contributed by atoms with van der Waals surface area (Å²) in [6, 6.07) is 7.38. The number of anilines is 1. The van der Waals surface area contributed by atoms with E-state index in [1.165, 1.54) is 7.11 Å². The van der Waals surface area contributed by atoms with Crippen LogP contribution in [0.5, 0.6) is 0 Å². The molecule has 92 valence electrons. The fourth-order valence-electron chi connectivity index (χ4n) is 1.91. The molecule has 0 radical (unpaired) electrons. The summed E-state index contributed by atoms with van der Waals surface area (Å²) in [7, 11) is 1.42. The Labute approximate surface area is 110 Å². The summed E-state index contributed by atoms with van der Waals surface area (Å²) < 4.78 is 4.89. The summed E-state index contributed by atoms with van der Waals surface area (Å²) in [6.07, 6.45) is 0.775. The summed E-state index contributed by atoms with van der Waals surface area (Å²) in [6.45, 7) is 0. The number of methoxy groups -OCH3 is 1. The molecule has 1 aliphatic heterocycles. The van der Waals surface area contributed by atoms with E-state index in [1.54, 1.807) is 17.8 Å². The van der Waals surface area contributed by atoms with Gasteiger partial charge in [-0.3, -0.25) is 0 Å². The minimum Gasteiger partial charge on any atom is -0.467 e. The molecule has 0 saturated carbocycles. The number of thioether (sulfide) groups is 1. The number of nitrogens with one attached hydrogen (secondary N) is 1. The van der Waals surface area contributed by atoms with E-state index in [0.29, 0.717) is 5.02 Å². The number of carbonyl (C=O) groups is 1. The third kappa shape index (κ3) is 2.69. The number of hydrogen-bond donors (Lipinski definition) is 1. The van der Waals surface area contributed by atoms with Gasteiger partial charge in [-0.25, -0.2) is 4.79 Å². The lowest BCUT2D eigenvalue weighted by molar-refractivity contribution is -0.145. The molecule has 0 bridgehead atoms. The molecule has 0 aromatic heterocycles. The van der Waals surface area contributed by atoms with Crippen LogP contribution < -0.4 is 5.32 Å². The lowest BCUT2D eigenvalue weighted by atomic mass is 9.98. The van der Waals surface area contributed by atoms with Crippen molar-refractivity contribution in [1.82, 2.24) is 0 Å². The zero-order chi connectivity index (χ0) is 12.3. The third-order valence-corrected chi connectivity index (χ3v) is 4.23. The van der Waals surface area contributed by atoms with Crippen LogP contribution in [0.2, 0.25) is 5.02 Å². The van der Waals surface area contributed by atoms with Gasteiger partial charge in [-0.05, 0) is 30.4 Å². The Balaban J connectivity index is 2.21. The smallest absolute Gasteiger partial charge is 0.332 e. The van der Waals surface area contributed by atoms with E-state index in [9.17, 15) is 4.79 Å². The van der Waals surface area contributed by atoms with Crippen molar-refractivity contribution in [1.29, 1.82) is 0 Å². The van der Waals surface area contributed by atoms with Gasteiger partial charge in [0.2, 0.25) is 0 Å². The molecule has 0 aliphatic carbocycles. The molecule has 1 fully saturated rings. The SMILES string of the molecule is COC(=O)C1(Nc2cccc(Cl)c2)CCSC1. The van der Waals surface area contributed by atoms with E-state index in [-0.39, 0.29) is 5.97 Å². The molecule has 1 heterocycles. The van der Waals surface area contributed by atoms with Gasteiger partial charge in [-0.1, -0.05) is 17.7 Å². The van der Waals surface area contributed by atoms with Crippen molar-refractivity contribution < 1.29 is 9.53 Å². The molecule has 1 N–H and O–H groups in total. The largest absolute Gasteiger partial charge is 0.467 e. The van der Waals surface area contributed by atoms with Gasteiger partial charge in [0, 0.05) is 16.5 Å². The normalized spacial score (nSPS) is 23.4. The topological polar surface area (TPSA) is 38.3 Å². The van der Waals surface area contributed by atoms with Crippen LogP contribution in [0.4, 0.5) is 5.69 Å². The molecule has 1 saturated heterocycles. The first-order valence-electron chi connectivity index (χ1n) is 5.36. The Hall–Kier alpha value is -0.870. The van der Waals surface area contributed by atoms with Crippen molar-refractivity contribution in [2.45, 2.75) is 12.0 Å². The highest BCUT2D eigenvalue weighted by Crippen LogP contribution is 2.33. The molecule has 5 heteroatoms. The molecule has 1 atom stereocenters. The van der Waals surface area contributed by atoms with Crippen molar-refractivity contribution >= 4 is 35.0 Å². The maximum Gasteiger partial charge on any atom is 0.332 e. The second kappa shape index (κ2) is 5.19. The van der Waals surface area contributed by atoms with E-state index < -0.39 is 5.54 Å². The van der Waals surface area contributed by atoms with Crippen molar-refractivity contribution in [3.8, 4) is 0 Å². The first kappa shape index (κ1) is 12.6. The number of esters is 1. The molecule has 2 rings (SSSR count). The van der Waals surface area contributed by atoms with Crippen LogP contribution in [0.25, 0.3) is 0 Å². The summed E-state index contributed by atoms with van der Waals surface area (Å²) in [5, 5.41) is 3.92. The van der Waals surface area contributed by atoms with Crippen LogP contribution in [-0.2, 0) is 9.53 Å². The van der Waals surface area contributed by atoms with Crippen LogP contribution in [0, 0.1) is 0 Å². The van der Waals surface area contributed by atoms with E-state index in [0.717, 1.165) is 23.6 Å². The van der Waals surface area contributed by atoms with Crippen LogP contribution >= 0.6 is 23.4 Å². The molecule has 1 aliphatic rings. The van der Waals surface area contributed by atoms with Gasteiger partial charge >= 0.3 is 5.97 Å². The van der Waals surface area contributed by atoms with Gasteiger partial charge in [0.25, 0.3) is 0 Å². The molecule has 0 spiro atoms. The zero-order valence-electron chi connectivity index (χ0n) is 9.53. The molecule has 1 aromatic carbocycles. The Morgan fingerprint density at radius 3 is 3.00 bits per heavy atom. The summed E-state index contributed by atoms with van der Waals surface area (Å²) >= 11 is 7.68. The maximum atomic E-state index is 11.9. The highest BCUT2D eigenvalue weighted by molar-refractivity contribution is 7.99. The Morgan fingerprint density at radius 2 is 2.41 bits per heavy atom. The van der Waals surface area contributed by atoms with Crippen LogP contribution in [0.3, 0.4) is 0 Å². The van der Waals surface area contributed by atoms with Crippen LogP contribution in [-0.4, -0.2) is 30.1 Å². The van der Waals surface area contributed by atoms with Gasteiger partial charge in [0.15, 0.2) is 0 Å². The fraction of sp³-hybridized carbons (Fsp3) is 0.417. The predicted octanol–water partition coefficient (Wildman–Crippen LogP) is 2.80. The first-order valence-corrected chi connectivity index (χ1v) is 6.89. The average Bonchev–Trinajstić information content (AvgIpc) is 2.78. The molecule has 0 amide bonds. The Bertz CT molecular complexity index is 419. The fourth-order valence-corrected chi connectivity index (χ4v) is 3.42. The maximum absolute atomic E-state index is 11.9. The second-order valence-corrected chi connectivity index (χ2v) is 5.55. The third-order valence-electron chi connectivity index (χ3n) is 2.81. The van der Waals surface area contributed by atoms with Crippen LogP contribution in [0.15, 0.2) is 24.3 Å². The van der Waals surface area contributed by atoms with Gasteiger partial charge in [0.05, 0.1) is 7.11 Å². The standard InChI is InChI=1S/C12H14ClNO2S/c1-16-11(15)12(5-6-17-8-12)14-10-4-2-3-9(13)7-10/h2-4,7,14H,5-6,8H2,1H3. The minimum atomic E-state index is -0.607. The summed E-state index contributed by atoms with van der Waals surface area (Å²) in [4.78, 5) is 11.9. The lowest BCUT2D eigenvalue weighted by Crippen LogP contribution is -2.47. The highest BCUT2D eigenvalue weighted by atomic mass is 35.5. The molecule has 3 nitrogen and oxygen atoms in total. The van der Waals surface area contributed by atoms with Gasteiger partial charge < -0.3 is 10.1 Å². The monoisotopic (exact) mass is 271 g/mol. The highest BCUT2D eigenvalue weighted by Gasteiger charge is 2.42. The average molecular weight is 272 g/mol. The van der Waals surface area contributed by atoms with Crippen molar-refractivity contribution in [2.75, 3.05) is 23.9 Å². The minimum absolute atomic E-state index is 0.206. The first-order chi connectivity index (χ1) is 8.16. The van der Waals surface area contributed by atoms with Gasteiger partial charge in [-0.15, -0.1) is 0 Å². The van der Waals surface area contributed by atoms with Gasteiger partial charge in [0.1, 0.15) is 5.54 Å². The van der Waals surface area contributed by atoms with E-state index in [4.69, 9.17) is 16.3 Å². The lowest BCUT2D eigenvalue weighted by Gasteiger charge is -2.27. The molecule has 17 heavy (non-hydrogen) atoms. The zero-order valence-corrected chi connectivity index (χ0v) is 11.1. The number of rotatable bonds is 3. The Morgan fingerprint density at radius 1 is 1.59 bits per heavy atom. The van der Waals surface area contributed by atoms with Crippen LogP contribution in [0.1, 0.15) is 6.42 Å². The Kier molecular flexibility index (Phi) is 3.84. The molecular weight excluding hydrogens is 258 g/mol. The van der Waals surface area contributed by atoms with Crippen molar-refractivity contribution in [3.63, 3.8) is 0 Å². The number of benzene rings is 1. The van der Waals surface area contributed by atoms with Gasteiger partial charge in [-0.2, -0.15) is 11.8 Å². The number of halogens is 1. The molecule has 1 unspecified atom stereocenters. The number of carbonyl (C=O) groups excluding carboxylic acids is 1. The number of ether oxygens (including phenoxy) is 1. The van der Waals surface area contributed by atoms with E-state index in [2.05, 4.69) is 5.32 Å². The molecule has 1 aromatic rings. The predicted molar refractivity (Wildman–Crippen MR) is 71.8 cm³/mol.